The monoisotopic (exact) mass is 1190 g/mol. The number of hydrogen-bond acceptors (Lipinski definition) is 10. The summed E-state index contributed by atoms with van der Waals surface area (Å²) in [6.07, 6.45) is 72.6. The van der Waals surface area contributed by atoms with Gasteiger partial charge < -0.3 is 45.1 Å². The predicted molar refractivity (Wildman–Crippen MR) is 356 cm³/mol. The first-order valence-electron chi connectivity index (χ1n) is 34.7. The summed E-state index contributed by atoms with van der Waals surface area (Å²) in [5, 5.41) is 57.1. The van der Waals surface area contributed by atoms with Gasteiger partial charge in [0.2, 0.25) is 5.91 Å². The third-order valence-corrected chi connectivity index (χ3v) is 15.7. The fourth-order valence-electron chi connectivity index (χ4n) is 10.2. The lowest BCUT2D eigenvalue weighted by Gasteiger charge is -2.41. The van der Waals surface area contributed by atoms with Gasteiger partial charge in [0, 0.05) is 6.42 Å². The first kappa shape index (κ1) is 79.3. The highest BCUT2D eigenvalue weighted by Crippen LogP contribution is 2.26. The molecule has 0 aromatic rings. The molecule has 0 spiro atoms. The number of amides is 1. The molecule has 0 bridgehead atoms. The van der Waals surface area contributed by atoms with Gasteiger partial charge in [0.05, 0.1) is 25.4 Å². The number of carbonyl (C=O) groups excluding carboxylic acids is 2. The van der Waals surface area contributed by atoms with Crippen LogP contribution in [-0.2, 0) is 23.8 Å². The van der Waals surface area contributed by atoms with E-state index >= 15 is 0 Å². The molecule has 1 aliphatic rings. The lowest BCUT2D eigenvalue weighted by atomic mass is 9.99. The Morgan fingerprint density at radius 1 is 0.471 bits per heavy atom. The Balaban J connectivity index is 2.57. The van der Waals surface area contributed by atoms with Crippen molar-refractivity contribution in [1.29, 1.82) is 0 Å². The highest BCUT2D eigenvalue weighted by Gasteiger charge is 2.47. The summed E-state index contributed by atoms with van der Waals surface area (Å²) >= 11 is 0. The summed E-state index contributed by atoms with van der Waals surface area (Å²) in [4.78, 5) is 26.6. The Bertz CT molecular complexity index is 1800. The predicted octanol–water partition coefficient (Wildman–Crippen LogP) is 17.6. The van der Waals surface area contributed by atoms with Crippen LogP contribution in [0.2, 0.25) is 0 Å². The molecule has 1 amide bonds. The number of carbonyl (C=O) groups is 2. The van der Waals surface area contributed by atoms with E-state index in [2.05, 4.69) is 123 Å². The van der Waals surface area contributed by atoms with Crippen molar-refractivity contribution in [3.8, 4) is 0 Å². The molecule has 8 atom stereocenters. The van der Waals surface area contributed by atoms with Gasteiger partial charge in [-0.1, -0.05) is 278 Å². The van der Waals surface area contributed by atoms with E-state index < -0.39 is 67.4 Å². The maximum Gasteiger partial charge on any atom is 0.306 e. The molecule has 11 nitrogen and oxygen atoms in total. The van der Waals surface area contributed by atoms with E-state index in [0.29, 0.717) is 12.8 Å². The van der Waals surface area contributed by atoms with Gasteiger partial charge in [-0.25, -0.2) is 0 Å². The molecule has 488 valence electrons. The number of allylic oxidation sites excluding steroid dienone is 17. The lowest BCUT2D eigenvalue weighted by molar-refractivity contribution is -0.305. The molecule has 1 heterocycles. The average molecular weight is 1190 g/mol. The van der Waals surface area contributed by atoms with Crippen molar-refractivity contribution in [3.63, 3.8) is 0 Å². The lowest BCUT2D eigenvalue weighted by Crippen LogP contribution is -2.61. The van der Waals surface area contributed by atoms with Gasteiger partial charge in [-0.3, -0.25) is 9.59 Å². The molecule has 1 aliphatic heterocycles. The number of ether oxygens (including phenoxy) is 3. The number of unbranched alkanes of at least 4 members (excludes halogenated alkanes) is 28. The minimum absolute atomic E-state index is 0.108. The summed E-state index contributed by atoms with van der Waals surface area (Å²) in [6.45, 7) is 5.65. The van der Waals surface area contributed by atoms with Crippen molar-refractivity contribution < 1.29 is 49.3 Å². The summed E-state index contributed by atoms with van der Waals surface area (Å²) in [5.74, 6) is -1.21. The van der Waals surface area contributed by atoms with Gasteiger partial charge >= 0.3 is 5.97 Å². The average Bonchev–Trinajstić information content (AvgIpc) is 2.92. The van der Waals surface area contributed by atoms with Crippen LogP contribution in [0, 0.1) is 0 Å². The van der Waals surface area contributed by atoms with Crippen molar-refractivity contribution in [2.45, 2.75) is 333 Å². The quantitative estimate of drug-likeness (QED) is 0.0195. The molecule has 0 aromatic heterocycles. The van der Waals surface area contributed by atoms with E-state index in [-0.39, 0.29) is 19.4 Å². The van der Waals surface area contributed by atoms with Crippen molar-refractivity contribution >= 4 is 11.9 Å². The minimum Gasteiger partial charge on any atom is -0.454 e. The topological polar surface area (TPSA) is 175 Å². The first-order chi connectivity index (χ1) is 41.7. The second kappa shape index (κ2) is 60.6. The molecule has 0 aliphatic carbocycles. The number of aliphatic hydroxyl groups is 5. The van der Waals surface area contributed by atoms with E-state index in [1.165, 1.54) is 116 Å². The fourth-order valence-corrected chi connectivity index (χ4v) is 10.2. The molecular weight excluding hydrogens is 1060 g/mol. The molecule has 11 heteroatoms. The summed E-state index contributed by atoms with van der Waals surface area (Å²) in [5.41, 5.74) is 0. The minimum atomic E-state index is -1.62. The van der Waals surface area contributed by atoms with Crippen molar-refractivity contribution in [2.24, 2.45) is 0 Å². The Hall–Kier alpha value is -3.68. The van der Waals surface area contributed by atoms with Crippen LogP contribution < -0.4 is 5.32 Å². The molecular formula is C74H127NO10. The van der Waals surface area contributed by atoms with Gasteiger partial charge in [-0.05, 0) is 109 Å². The summed E-state index contributed by atoms with van der Waals surface area (Å²) in [6, 6.07) is -1.03. The van der Waals surface area contributed by atoms with Gasteiger partial charge in [0.1, 0.15) is 24.4 Å². The second-order valence-corrected chi connectivity index (χ2v) is 23.5. The summed E-state index contributed by atoms with van der Waals surface area (Å²) in [7, 11) is 0. The molecule has 0 radical (unpaired) electrons. The third-order valence-electron chi connectivity index (χ3n) is 15.7. The van der Waals surface area contributed by atoms with Gasteiger partial charge in [-0.15, -0.1) is 0 Å². The smallest absolute Gasteiger partial charge is 0.306 e. The van der Waals surface area contributed by atoms with Gasteiger partial charge in [0.25, 0.3) is 0 Å². The fraction of sp³-hybridized carbons (Fsp3) is 0.730. The Kier molecular flexibility index (Phi) is 56.6. The van der Waals surface area contributed by atoms with Crippen LogP contribution >= 0.6 is 0 Å². The van der Waals surface area contributed by atoms with E-state index in [9.17, 15) is 35.1 Å². The molecule has 8 unspecified atom stereocenters. The van der Waals surface area contributed by atoms with Crippen molar-refractivity contribution in [2.75, 3.05) is 13.2 Å². The zero-order valence-corrected chi connectivity index (χ0v) is 54.2. The maximum atomic E-state index is 13.5. The van der Waals surface area contributed by atoms with E-state index in [0.717, 1.165) is 122 Å². The largest absolute Gasteiger partial charge is 0.454 e. The van der Waals surface area contributed by atoms with Crippen LogP contribution in [0.25, 0.3) is 0 Å². The highest BCUT2D eigenvalue weighted by atomic mass is 16.7. The highest BCUT2D eigenvalue weighted by molar-refractivity contribution is 5.80. The van der Waals surface area contributed by atoms with Gasteiger partial charge in [0.15, 0.2) is 12.4 Å². The van der Waals surface area contributed by atoms with Crippen molar-refractivity contribution in [1.82, 2.24) is 5.32 Å². The Morgan fingerprint density at radius 2 is 0.847 bits per heavy atom. The number of nitrogens with one attached hydrogen (secondary N) is 1. The number of hydrogen-bond donors (Lipinski definition) is 6. The molecule has 0 saturated carbocycles. The first-order valence-corrected chi connectivity index (χ1v) is 34.7. The Morgan fingerprint density at radius 3 is 1.29 bits per heavy atom. The number of aliphatic hydroxyl groups excluding tert-OH is 5. The normalized spacial score (nSPS) is 19.1. The molecule has 1 saturated heterocycles. The van der Waals surface area contributed by atoms with Crippen LogP contribution in [-0.4, -0.2) is 99.6 Å². The Labute approximate surface area is 519 Å². The zero-order valence-electron chi connectivity index (χ0n) is 54.2. The molecule has 1 rings (SSSR count). The second-order valence-electron chi connectivity index (χ2n) is 23.5. The van der Waals surface area contributed by atoms with Crippen molar-refractivity contribution in [3.05, 3.63) is 109 Å². The molecule has 0 aromatic carbocycles. The molecule has 85 heavy (non-hydrogen) atoms. The zero-order chi connectivity index (χ0) is 61.7. The standard InChI is InChI=1S/C74H127NO10/c1-4-7-10-13-16-19-22-24-26-28-30-31-32-33-34-35-36-37-38-40-42-44-47-50-53-56-59-62-69(79)85-72-71(81)70(80)68(63-76)84-74(72)83-64-65(66(77)60-57-54-51-48-45-21-18-15-12-9-6-3)75-73(82)67(78)61-58-55-52-49-46-43-41-39-29-27-25-23-20-17-14-11-8-5-2/h7,10,16-17,19-20,24-27,30-31,33-34,36-37,57,60,65-68,70-72,74,76-78,80-81H,4-6,8-9,11-15,18,21-23,28-29,32,35,38-56,58-59,61-64H2,1-3H3,(H,75,82)/b10-7-,19-16-,20-17-,26-24-,27-25-,31-30-,34-33-,37-36-,60-57+. The van der Waals surface area contributed by atoms with Crippen LogP contribution in [0.1, 0.15) is 284 Å². The molecule has 1 fully saturated rings. The van der Waals surface area contributed by atoms with Crippen LogP contribution in [0.5, 0.6) is 0 Å². The van der Waals surface area contributed by atoms with Crippen LogP contribution in [0.15, 0.2) is 109 Å². The number of esters is 1. The maximum absolute atomic E-state index is 13.5. The number of rotatable bonds is 58. The molecule has 6 N–H and O–H groups in total. The third kappa shape index (κ3) is 48.0. The van der Waals surface area contributed by atoms with E-state index in [4.69, 9.17) is 14.2 Å². The van der Waals surface area contributed by atoms with Gasteiger partial charge in [-0.2, -0.15) is 0 Å². The van der Waals surface area contributed by atoms with E-state index in [1.54, 1.807) is 6.08 Å². The summed E-state index contributed by atoms with van der Waals surface area (Å²) < 4.78 is 17.7. The van der Waals surface area contributed by atoms with Crippen LogP contribution in [0.4, 0.5) is 0 Å². The van der Waals surface area contributed by atoms with E-state index in [1.807, 2.05) is 6.08 Å². The van der Waals surface area contributed by atoms with Crippen LogP contribution in [0.3, 0.4) is 0 Å². The SMILES string of the molecule is CC/C=C\C/C=C\C/C=C\C/C=C\C/C=C\C/C=C\CCCCCCCCCCC(=O)OC1C(OCC(NC(=O)C(O)CCCCCCCCCC/C=C\C/C=C\CCCCC)C(O)/C=C/CCCCCCCCCCC)OC(CO)C(O)C1O.